The van der Waals surface area contributed by atoms with E-state index in [1.165, 1.54) is 27.7 Å². The van der Waals surface area contributed by atoms with Crippen LogP contribution in [0.4, 0.5) is 0 Å². The van der Waals surface area contributed by atoms with E-state index < -0.39 is 0 Å². The highest BCUT2D eigenvalue weighted by Crippen LogP contribution is 2.35. The Hall–Kier alpha value is -2.13. The molecule has 0 aliphatic carbocycles. The summed E-state index contributed by atoms with van der Waals surface area (Å²) in [5, 5.41) is 5.12. The molecule has 0 saturated heterocycles. The van der Waals surface area contributed by atoms with Crippen molar-refractivity contribution in [2.24, 2.45) is 0 Å². The highest BCUT2D eigenvalue weighted by Gasteiger charge is 2.27. The smallest absolute Gasteiger partial charge is 0.0486 e. The summed E-state index contributed by atoms with van der Waals surface area (Å²) in [5.74, 6) is 0. The van der Waals surface area contributed by atoms with Gasteiger partial charge in [-0.05, 0) is 50.6 Å². The van der Waals surface area contributed by atoms with Crippen LogP contribution in [0.2, 0.25) is 0 Å². The summed E-state index contributed by atoms with van der Waals surface area (Å²) in [6, 6.07) is 14.0. The van der Waals surface area contributed by atoms with Crippen molar-refractivity contribution in [2.45, 2.75) is 52.2 Å². The van der Waals surface area contributed by atoms with Crippen LogP contribution in [0.25, 0.3) is 10.9 Å². The van der Waals surface area contributed by atoms with Crippen LogP contribution in [0.1, 0.15) is 42.4 Å². The van der Waals surface area contributed by atoms with Gasteiger partial charge in [-0.15, -0.1) is 0 Å². The molecule has 3 heterocycles. The second-order valence-electron chi connectivity index (χ2n) is 7.10. The van der Waals surface area contributed by atoms with Crippen LogP contribution in [0.15, 0.2) is 42.6 Å². The molecule has 0 saturated carbocycles. The van der Waals surface area contributed by atoms with Gasteiger partial charge in [0.05, 0.1) is 0 Å². The lowest BCUT2D eigenvalue weighted by molar-refractivity contribution is 0.433. The molecule has 0 spiro atoms. The lowest BCUT2D eigenvalue weighted by atomic mass is 9.95. The van der Waals surface area contributed by atoms with Crippen molar-refractivity contribution in [2.75, 3.05) is 0 Å². The standard InChI is InChI=1S/C21H25N3/c1-14-7-8-19-18(12-14)21-16(3)23-15(2)13-20(21)24(19)11-9-17-6-4-5-10-22-17/h4-8,10,12,15-16,23H,9,11,13H2,1-3H3. The van der Waals surface area contributed by atoms with Crippen molar-refractivity contribution >= 4 is 10.9 Å². The minimum atomic E-state index is 0.407. The summed E-state index contributed by atoms with van der Waals surface area (Å²) in [7, 11) is 0. The highest BCUT2D eigenvalue weighted by molar-refractivity contribution is 5.87. The highest BCUT2D eigenvalue weighted by atomic mass is 15.0. The Kier molecular flexibility index (Phi) is 3.89. The van der Waals surface area contributed by atoms with Gasteiger partial charge in [0.25, 0.3) is 0 Å². The Balaban J connectivity index is 1.80. The summed E-state index contributed by atoms with van der Waals surface area (Å²) in [6.45, 7) is 7.75. The van der Waals surface area contributed by atoms with Crippen LogP contribution in [-0.4, -0.2) is 15.6 Å². The molecular weight excluding hydrogens is 294 g/mol. The number of pyridine rings is 1. The van der Waals surface area contributed by atoms with E-state index in [1.807, 2.05) is 12.3 Å². The second-order valence-corrected chi connectivity index (χ2v) is 7.10. The lowest BCUT2D eigenvalue weighted by Gasteiger charge is -2.28. The first-order chi connectivity index (χ1) is 11.6. The summed E-state index contributed by atoms with van der Waals surface area (Å²) in [6.07, 6.45) is 3.95. The van der Waals surface area contributed by atoms with Crippen molar-refractivity contribution in [3.05, 3.63) is 65.1 Å². The van der Waals surface area contributed by atoms with E-state index in [-0.39, 0.29) is 0 Å². The summed E-state index contributed by atoms with van der Waals surface area (Å²) in [4.78, 5) is 4.49. The predicted octanol–water partition coefficient (Wildman–Crippen LogP) is 4.18. The van der Waals surface area contributed by atoms with E-state index in [0.29, 0.717) is 12.1 Å². The van der Waals surface area contributed by atoms with E-state index in [2.05, 4.69) is 66.0 Å². The van der Waals surface area contributed by atoms with Crippen LogP contribution in [-0.2, 0) is 19.4 Å². The number of benzene rings is 1. The topological polar surface area (TPSA) is 29.9 Å². The molecule has 0 fully saturated rings. The molecule has 2 unspecified atom stereocenters. The van der Waals surface area contributed by atoms with E-state index in [4.69, 9.17) is 0 Å². The van der Waals surface area contributed by atoms with Gasteiger partial charge < -0.3 is 9.88 Å². The molecule has 1 aliphatic heterocycles. The molecule has 24 heavy (non-hydrogen) atoms. The molecule has 1 aromatic carbocycles. The van der Waals surface area contributed by atoms with E-state index in [1.54, 1.807) is 0 Å². The van der Waals surface area contributed by atoms with E-state index >= 15 is 0 Å². The predicted molar refractivity (Wildman–Crippen MR) is 99.3 cm³/mol. The zero-order valence-electron chi connectivity index (χ0n) is 14.7. The fourth-order valence-corrected chi connectivity index (χ4v) is 4.14. The van der Waals surface area contributed by atoms with Crippen LogP contribution in [0.5, 0.6) is 0 Å². The van der Waals surface area contributed by atoms with Crippen LogP contribution in [0, 0.1) is 6.92 Å². The Morgan fingerprint density at radius 2 is 2.08 bits per heavy atom. The average molecular weight is 319 g/mol. The Labute approximate surface area is 143 Å². The largest absolute Gasteiger partial charge is 0.344 e. The van der Waals surface area contributed by atoms with Crippen LogP contribution in [0.3, 0.4) is 0 Å². The number of aromatic nitrogens is 2. The van der Waals surface area contributed by atoms with E-state index in [0.717, 1.165) is 25.1 Å². The molecule has 2 atom stereocenters. The third-order valence-corrected chi connectivity index (χ3v) is 5.15. The van der Waals surface area contributed by atoms with Gasteiger partial charge in [0, 0.05) is 60.0 Å². The van der Waals surface area contributed by atoms with Crippen molar-refractivity contribution in [1.29, 1.82) is 0 Å². The summed E-state index contributed by atoms with van der Waals surface area (Å²) >= 11 is 0. The summed E-state index contributed by atoms with van der Waals surface area (Å²) in [5.41, 5.74) is 6.86. The van der Waals surface area contributed by atoms with Gasteiger partial charge in [-0.2, -0.15) is 0 Å². The maximum absolute atomic E-state index is 4.49. The zero-order chi connectivity index (χ0) is 16.7. The van der Waals surface area contributed by atoms with Gasteiger partial charge in [-0.3, -0.25) is 4.98 Å². The molecule has 2 aromatic heterocycles. The minimum Gasteiger partial charge on any atom is -0.344 e. The third-order valence-electron chi connectivity index (χ3n) is 5.15. The fraction of sp³-hybridized carbons (Fsp3) is 0.381. The average Bonchev–Trinajstić information content (AvgIpc) is 2.86. The zero-order valence-corrected chi connectivity index (χ0v) is 14.7. The molecule has 1 N–H and O–H groups in total. The molecule has 4 rings (SSSR count). The number of hydrogen-bond acceptors (Lipinski definition) is 2. The maximum atomic E-state index is 4.49. The maximum Gasteiger partial charge on any atom is 0.0486 e. The molecule has 3 heteroatoms. The van der Waals surface area contributed by atoms with Crippen molar-refractivity contribution in [3.63, 3.8) is 0 Å². The van der Waals surface area contributed by atoms with E-state index in [9.17, 15) is 0 Å². The molecule has 1 aliphatic rings. The normalized spacial score (nSPS) is 20.3. The number of rotatable bonds is 3. The quantitative estimate of drug-likeness (QED) is 0.785. The molecule has 0 bridgehead atoms. The fourth-order valence-electron chi connectivity index (χ4n) is 4.14. The summed E-state index contributed by atoms with van der Waals surface area (Å²) < 4.78 is 2.53. The SMILES string of the molecule is Cc1ccc2c(c1)c1c(n2CCc2ccccn2)CC(C)NC1C. The van der Waals surface area contributed by atoms with Crippen LogP contribution >= 0.6 is 0 Å². The number of aryl methyl sites for hydroxylation is 3. The van der Waals surface area contributed by atoms with Gasteiger partial charge in [-0.1, -0.05) is 17.7 Å². The first kappa shape index (κ1) is 15.4. The lowest BCUT2D eigenvalue weighted by Crippen LogP contribution is -2.36. The molecule has 124 valence electrons. The Morgan fingerprint density at radius 1 is 1.21 bits per heavy atom. The first-order valence-electron chi connectivity index (χ1n) is 8.91. The molecular formula is C21H25N3. The molecule has 3 aromatic rings. The van der Waals surface area contributed by atoms with Crippen molar-refractivity contribution in [1.82, 2.24) is 14.9 Å². The van der Waals surface area contributed by atoms with Gasteiger partial charge >= 0.3 is 0 Å². The van der Waals surface area contributed by atoms with Crippen molar-refractivity contribution < 1.29 is 0 Å². The Morgan fingerprint density at radius 3 is 2.88 bits per heavy atom. The van der Waals surface area contributed by atoms with Crippen molar-refractivity contribution in [3.8, 4) is 0 Å². The number of nitrogens with one attached hydrogen (secondary N) is 1. The molecule has 3 nitrogen and oxygen atoms in total. The number of fused-ring (bicyclic) bond motifs is 3. The number of hydrogen-bond donors (Lipinski definition) is 1. The molecule has 0 amide bonds. The third kappa shape index (κ3) is 2.63. The Bertz CT molecular complexity index is 864. The minimum absolute atomic E-state index is 0.407. The van der Waals surface area contributed by atoms with Crippen LogP contribution < -0.4 is 5.32 Å². The van der Waals surface area contributed by atoms with Gasteiger partial charge in [0.1, 0.15) is 0 Å². The van der Waals surface area contributed by atoms with Gasteiger partial charge in [-0.25, -0.2) is 0 Å². The van der Waals surface area contributed by atoms with Gasteiger partial charge in [0.15, 0.2) is 0 Å². The molecule has 0 radical (unpaired) electrons. The first-order valence-corrected chi connectivity index (χ1v) is 8.91. The number of nitrogens with zero attached hydrogens (tertiary/aromatic N) is 2. The second kappa shape index (κ2) is 6.06. The monoisotopic (exact) mass is 319 g/mol. The van der Waals surface area contributed by atoms with Gasteiger partial charge in [0.2, 0.25) is 0 Å².